The minimum Gasteiger partial charge on any atom is -0.319 e. The van der Waals surface area contributed by atoms with E-state index in [0.717, 1.165) is 28.9 Å². The predicted molar refractivity (Wildman–Crippen MR) is 113 cm³/mol. The molecule has 1 saturated heterocycles. The molecule has 0 aliphatic carbocycles. The lowest BCUT2D eigenvalue weighted by molar-refractivity contribution is -0.131. The maximum atomic E-state index is 13.2. The number of nitrogens with zero attached hydrogens (tertiary/aromatic N) is 3. The average Bonchev–Trinajstić information content (AvgIpc) is 2.94. The Morgan fingerprint density at radius 3 is 2.53 bits per heavy atom. The van der Waals surface area contributed by atoms with E-state index in [2.05, 4.69) is 17.2 Å². The maximum absolute atomic E-state index is 13.2. The van der Waals surface area contributed by atoms with Crippen molar-refractivity contribution in [2.45, 2.75) is 45.7 Å². The molecule has 154 valence electrons. The minimum atomic E-state index is -1.15. The van der Waals surface area contributed by atoms with Crippen LogP contribution in [0.25, 0.3) is 5.65 Å². The van der Waals surface area contributed by atoms with Crippen molar-refractivity contribution in [3.8, 4) is 0 Å². The number of fused-ring (bicyclic) bond motifs is 1. The second-order valence-corrected chi connectivity index (χ2v) is 7.86. The van der Waals surface area contributed by atoms with Crippen LogP contribution in [0, 0.1) is 6.92 Å². The van der Waals surface area contributed by atoms with Crippen molar-refractivity contribution < 1.29 is 9.59 Å². The minimum absolute atomic E-state index is 0.0613. The van der Waals surface area contributed by atoms with Gasteiger partial charge in [-0.2, -0.15) is 0 Å². The molecule has 4 rings (SSSR count). The number of aromatic nitrogens is 2. The van der Waals surface area contributed by atoms with Gasteiger partial charge in [-0.25, -0.2) is 9.78 Å². The van der Waals surface area contributed by atoms with E-state index in [9.17, 15) is 14.4 Å². The van der Waals surface area contributed by atoms with Crippen molar-refractivity contribution in [3.05, 3.63) is 81.4 Å². The molecule has 7 nitrogen and oxygen atoms in total. The monoisotopic (exact) mass is 404 g/mol. The third-order valence-electron chi connectivity index (χ3n) is 5.60. The highest BCUT2D eigenvalue weighted by atomic mass is 16.2. The first-order valence-corrected chi connectivity index (χ1v) is 10.0. The van der Waals surface area contributed by atoms with E-state index >= 15 is 0 Å². The molecule has 3 amide bonds. The smallest absolute Gasteiger partial charge is 0.319 e. The Hall–Kier alpha value is -3.48. The van der Waals surface area contributed by atoms with Gasteiger partial charge in [-0.15, -0.1) is 0 Å². The van der Waals surface area contributed by atoms with Crippen LogP contribution < -0.4 is 10.9 Å². The number of carbonyl (C=O) groups is 2. The first-order valence-electron chi connectivity index (χ1n) is 10.0. The first-order chi connectivity index (χ1) is 14.3. The zero-order valence-electron chi connectivity index (χ0n) is 17.3. The summed E-state index contributed by atoms with van der Waals surface area (Å²) in [4.78, 5) is 43.9. The summed E-state index contributed by atoms with van der Waals surface area (Å²) in [6.07, 6.45) is 3.65. The molecule has 2 aromatic heterocycles. The molecule has 0 unspecified atom stereocenters. The van der Waals surface area contributed by atoms with Gasteiger partial charge in [0.05, 0.1) is 12.2 Å². The fourth-order valence-corrected chi connectivity index (χ4v) is 3.88. The molecule has 7 heteroatoms. The van der Waals surface area contributed by atoms with E-state index in [-0.39, 0.29) is 18.0 Å². The second kappa shape index (κ2) is 7.40. The Balaban J connectivity index is 1.64. The molecule has 0 spiro atoms. The van der Waals surface area contributed by atoms with Gasteiger partial charge in [0, 0.05) is 12.3 Å². The van der Waals surface area contributed by atoms with Crippen molar-refractivity contribution in [2.75, 3.05) is 0 Å². The van der Waals surface area contributed by atoms with E-state index in [4.69, 9.17) is 0 Å². The average molecular weight is 404 g/mol. The van der Waals surface area contributed by atoms with Crippen LogP contribution in [-0.2, 0) is 23.3 Å². The molecule has 1 fully saturated rings. The Morgan fingerprint density at radius 2 is 1.83 bits per heavy atom. The molecule has 0 radical (unpaired) electrons. The Bertz CT molecular complexity index is 1200. The van der Waals surface area contributed by atoms with Crippen molar-refractivity contribution in [3.63, 3.8) is 0 Å². The summed E-state index contributed by atoms with van der Waals surface area (Å²) in [6.45, 7) is 5.61. The van der Waals surface area contributed by atoms with Gasteiger partial charge < -0.3 is 5.32 Å². The third kappa shape index (κ3) is 3.26. The molecular weight excluding hydrogens is 380 g/mol. The molecule has 1 N–H and O–H groups in total. The summed E-state index contributed by atoms with van der Waals surface area (Å²) in [5, 5.41) is 2.81. The number of urea groups is 1. The molecule has 1 aromatic carbocycles. The lowest BCUT2D eigenvalue weighted by atomic mass is 9.91. The standard InChI is InChI=1S/C23H24N4O3/c1-4-6-16-8-10-17(11-9-16)23(3)21(29)27(22(30)25-23)14-18-13-19(28)26-12-5-7-15(2)20(26)24-18/h5,7-13H,4,6,14H2,1-3H3,(H,25,30)/t23-/m0/s1. The van der Waals surface area contributed by atoms with Crippen molar-refractivity contribution in [1.29, 1.82) is 0 Å². The molecular formula is C23H24N4O3. The van der Waals surface area contributed by atoms with E-state index in [1.54, 1.807) is 19.2 Å². The first kappa shape index (κ1) is 19.8. The largest absolute Gasteiger partial charge is 0.325 e. The zero-order chi connectivity index (χ0) is 21.5. The molecule has 1 atom stereocenters. The van der Waals surface area contributed by atoms with Crippen LogP contribution in [0.3, 0.4) is 0 Å². The molecule has 1 aliphatic rings. The number of benzene rings is 1. The highest BCUT2D eigenvalue weighted by Gasteiger charge is 2.49. The van der Waals surface area contributed by atoms with Gasteiger partial charge >= 0.3 is 6.03 Å². The van der Waals surface area contributed by atoms with Gasteiger partial charge in [-0.05, 0) is 43.0 Å². The summed E-state index contributed by atoms with van der Waals surface area (Å²) in [5.41, 5.74) is 2.25. The summed E-state index contributed by atoms with van der Waals surface area (Å²) in [5.74, 6) is -0.359. The van der Waals surface area contributed by atoms with Crippen LogP contribution in [0.15, 0.2) is 53.5 Å². The molecule has 1 aliphatic heterocycles. The van der Waals surface area contributed by atoms with Crippen LogP contribution in [0.1, 0.15) is 42.7 Å². The number of carbonyl (C=O) groups excluding carboxylic acids is 2. The normalized spacial score (nSPS) is 18.8. The van der Waals surface area contributed by atoms with E-state index in [1.165, 1.54) is 16.0 Å². The number of nitrogens with one attached hydrogen (secondary N) is 1. The van der Waals surface area contributed by atoms with Gasteiger partial charge in [-0.3, -0.25) is 18.9 Å². The second-order valence-electron chi connectivity index (χ2n) is 7.86. The number of hydrogen-bond donors (Lipinski definition) is 1. The highest BCUT2D eigenvalue weighted by Crippen LogP contribution is 2.30. The van der Waals surface area contributed by atoms with Gasteiger partial charge in [0.15, 0.2) is 0 Å². The quantitative estimate of drug-likeness (QED) is 0.663. The molecule has 0 saturated carbocycles. The molecule has 3 aromatic rings. The van der Waals surface area contributed by atoms with Gasteiger partial charge in [0.2, 0.25) is 0 Å². The Kier molecular flexibility index (Phi) is 4.89. The summed E-state index contributed by atoms with van der Waals surface area (Å²) < 4.78 is 1.45. The topological polar surface area (TPSA) is 83.8 Å². The number of imide groups is 1. The van der Waals surface area contributed by atoms with Crippen LogP contribution in [0.4, 0.5) is 4.79 Å². The third-order valence-corrected chi connectivity index (χ3v) is 5.60. The van der Waals surface area contributed by atoms with Crippen LogP contribution in [0.5, 0.6) is 0 Å². The van der Waals surface area contributed by atoms with Gasteiger partial charge in [0.25, 0.3) is 11.5 Å². The fraction of sp³-hybridized carbons (Fsp3) is 0.304. The summed E-state index contributed by atoms with van der Waals surface area (Å²) in [6, 6.07) is 12.3. The zero-order valence-corrected chi connectivity index (χ0v) is 17.3. The molecule has 3 heterocycles. The predicted octanol–water partition coefficient (Wildman–Crippen LogP) is 2.92. The number of hydrogen-bond acceptors (Lipinski definition) is 4. The van der Waals surface area contributed by atoms with Crippen LogP contribution >= 0.6 is 0 Å². The number of aryl methyl sites for hydroxylation is 2. The highest BCUT2D eigenvalue weighted by molar-refractivity contribution is 6.07. The SMILES string of the molecule is CCCc1ccc([C@]2(C)NC(=O)N(Cc3cc(=O)n4cccc(C)c4n3)C2=O)cc1. The molecule has 0 bridgehead atoms. The van der Waals surface area contributed by atoms with Gasteiger partial charge in [-0.1, -0.05) is 43.7 Å². The van der Waals surface area contributed by atoms with Crippen LogP contribution in [0.2, 0.25) is 0 Å². The maximum Gasteiger partial charge on any atom is 0.325 e. The summed E-state index contributed by atoms with van der Waals surface area (Å²) >= 11 is 0. The Morgan fingerprint density at radius 1 is 1.10 bits per heavy atom. The fourth-order valence-electron chi connectivity index (χ4n) is 3.88. The van der Waals surface area contributed by atoms with Crippen molar-refractivity contribution >= 4 is 17.6 Å². The van der Waals surface area contributed by atoms with Crippen LogP contribution in [-0.4, -0.2) is 26.2 Å². The van der Waals surface area contributed by atoms with Gasteiger partial charge in [0.1, 0.15) is 11.2 Å². The number of rotatable bonds is 5. The number of amides is 3. The lowest BCUT2D eigenvalue weighted by Gasteiger charge is -2.22. The van der Waals surface area contributed by atoms with Crippen molar-refractivity contribution in [1.82, 2.24) is 19.6 Å². The van der Waals surface area contributed by atoms with Crippen molar-refractivity contribution in [2.24, 2.45) is 0 Å². The Labute approximate surface area is 174 Å². The van der Waals surface area contributed by atoms with E-state index in [1.807, 2.05) is 37.3 Å². The summed E-state index contributed by atoms with van der Waals surface area (Å²) in [7, 11) is 0. The lowest BCUT2D eigenvalue weighted by Crippen LogP contribution is -2.40. The number of pyridine rings is 1. The van der Waals surface area contributed by atoms with E-state index < -0.39 is 11.6 Å². The van der Waals surface area contributed by atoms with E-state index in [0.29, 0.717) is 11.3 Å². The molecule has 30 heavy (non-hydrogen) atoms.